The molecule has 0 bridgehead atoms. The topological polar surface area (TPSA) is 94.8 Å². The highest BCUT2D eigenvalue weighted by Gasteiger charge is 2.25. The zero-order valence-corrected chi connectivity index (χ0v) is 20.2. The van der Waals surface area contributed by atoms with E-state index in [0.29, 0.717) is 28.7 Å². The SMILES string of the molecule is CSCC[C@H](NC(=O)OCc1ccccc1)C(=O)Oc1ccc2c(oc(=O)c3ccccc32)c1C. The van der Waals surface area contributed by atoms with Crippen LogP contribution in [0, 0.1) is 6.92 Å². The molecule has 0 fully saturated rings. The van der Waals surface area contributed by atoms with Crippen molar-refractivity contribution >= 4 is 45.6 Å². The van der Waals surface area contributed by atoms with Crippen LogP contribution < -0.4 is 15.7 Å². The molecular formula is C27H25NO6S. The Morgan fingerprint density at radius 2 is 1.69 bits per heavy atom. The molecule has 0 radical (unpaired) electrons. The van der Waals surface area contributed by atoms with E-state index in [1.54, 1.807) is 43.0 Å². The quantitative estimate of drug-likeness (QED) is 0.156. The number of carbonyl (C=O) groups is 2. The number of hydrogen-bond donors (Lipinski definition) is 1. The van der Waals surface area contributed by atoms with Gasteiger partial charge in [-0.2, -0.15) is 11.8 Å². The second-order valence-electron chi connectivity index (χ2n) is 7.96. The molecule has 1 amide bonds. The predicted octanol–water partition coefficient (Wildman–Crippen LogP) is 5.21. The molecule has 1 aromatic heterocycles. The number of thioether (sulfide) groups is 1. The van der Waals surface area contributed by atoms with Gasteiger partial charge in [0.2, 0.25) is 0 Å². The average molecular weight is 492 g/mol. The highest BCUT2D eigenvalue weighted by Crippen LogP contribution is 2.31. The van der Waals surface area contributed by atoms with Crippen LogP contribution in [0.3, 0.4) is 0 Å². The normalized spacial score (nSPS) is 11.8. The Morgan fingerprint density at radius 3 is 2.43 bits per heavy atom. The van der Waals surface area contributed by atoms with Crippen LogP contribution in [0.2, 0.25) is 0 Å². The zero-order valence-electron chi connectivity index (χ0n) is 19.4. The number of benzene rings is 3. The minimum absolute atomic E-state index is 0.0910. The van der Waals surface area contributed by atoms with E-state index in [1.165, 1.54) is 0 Å². The number of amides is 1. The van der Waals surface area contributed by atoms with Crippen LogP contribution in [-0.4, -0.2) is 30.1 Å². The molecule has 0 aliphatic rings. The van der Waals surface area contributed by atoms with Crippen molar-refractivity contribution in [3.8, 4) is 5.75 Å². The van der Waals surface area contributed by atoms with Crippen molar-refractivity contribution in [2.24, 2.45) is 0 Å². The van der Waals surface area contributed by atoms with Crippen LogP contribution in [0.5, 0.6) is 5.75 Å². The van der Waals surface area contributed by atoms with E-state index in [4.69, 9.17) is 13.9 Å². The van der Waals surface area contributed by atoms with Crippen LogP contribution >= 0.6 is 11.8 Å². The van der Waals surface area contributed by atoms with Gasteiger partial charge in [0, 0.05) is 10.9 Å². The van der Waals surface area contributed by atoms with Gasteiger partial charge in [-0.15, -0.1) is 0 Å². The fraction of sp³-hybridized carbons (Fsp3) is 0.222. The average Bonchev–Trinajstić information content (AvgIpc) is 2.88. The number of fused-ring (bicyclic) bond motifs is 3. The fourth-order valence-corrected chi connectivity index (χ4v) is 4.21. The first-order valence-corrected chi connectivity index (χ1v) is 12.5. The van der Waals surface area contributed by atoms with Gasteiger partial charge in [0.25, 0.3) is 0 Å². The van der Waals surface area contributed by atoms with Crippen LogP contribution in [-0.2, 0) is 16.1 Å². The molecule has 0 unspecified atom stereocenters. The molecule has 35 heavy (non-hydrogen) atoms. The van der Waals surface area contributed by atoms with Crippen LogP contribution in [0.25, 0.3) is 21.7 Å². The summed E-state index contributed by atoms with van der Waals surface area (Å²) in [6.07, 6.45) is 1.58. The molecule has 180 valence electrons. The van der Waals surface area contributed by atoms with Gasteiger partial charge in [0.15, 0.2) is 0 Å². The lowest BCUT2D eigenvalue weighted by Crippen LogP contribution is -2.43. The van der Waals surface area contributed by atoms with E-state index < -0.39 is 23.7 Å². The first kappa shape index (κ1) is 24.3. The molecule has 3 aromatic carbocycles. The lowest BCUT2D eigenvalue weighted by molar-refractivity contribution is -0.136. The number of nitrogens with one attached hydrogen (secondary N) is 1. The van der Waals surface area contributed by atoms with E-state index in [1.807, 2.05) is 48.7 Å². The molecule has 0 aliphatic carbocycles. The van der Waals surface area contributed by atoms with E-state index in [2.05, 4.69) is 5.32 Å². The summed E-state index contributed by atoms with van der Waals surface area (Å²) in [5, 5.41) is 4.61. The minimum Gasteiger partial charge on any atom is -0.445 e. The first-order valence-electron chi connectivity index (χ1n) is 11.1. The zero-order chi connectivity index (χ0) is 24.8. The number of alkyl carbamates (subject to hydrolysis) is 1. The van der Waals surface area contributed by atoms with E-state index in [-0.39, 0.29) is 12.4 Å². The molecule has 0 saturated heterocycles. The molecule has 0 aliphatic heterocycles. The maximum atomic E-state index is 13.0. The van der Waals surface area contributed by atoms with Crippen molar-refractivity contribution in [2.75, 3.05) is 12.0 Å². The third-order valence-corrected chi connectivity index (χ3v) is 6.24. The summed E-state index contributed by atoms with van der Waals surface area (Å²) in [7, 11) is 0. The Morgan fingerprint density at radius 1 is 0.971 bits per heavy atom. The predicted molar refractivity (Wildman–Crippen MR) is 137 cm³/mol. The third kappa shape index (κ3) is 5.66. The molecule has 0 spiro atoms. The van der Waals surface area contributed by atoms with Gasteiger partial charge in [-0.05, 0) is 54.5 Å². The monoisotopic (exact) mass is 491 g/mol. The number of aryl methyl sites for hydroxylation is 1. The van der Waals surface area contributed by atoms with E-state index >= 15 is 0 Å². The molecular weight excluding hydrogens is 466 g/mol. The van der Waals surface area contributed by atoms with Gasteiger partial charge in [-0.25, -0.2) is 14.4 Å². The van der Waals surface area contributed by atoms with Crippen molar-refractivity contribution in [3.05, 3.63) is 88.3 Å². The van der Waals surface area contributed by atoms with Crippen molar-refractivity contribution in [3.63, 3.8) is 0 Å². The summed E-state index contributed by atoms with van der Waals surface area (Å²) < 4.78 is 16.5. The van der Waals surface area contributed by atoms with Crippen molar-refractivity contribution in [2.45, 2.75) is 26.0 Å². The Hall–Kier alpha value is -3.78. The number of rotatable bonds is 8. The fourth-order valence-electron chi connectivity index (χ4n) is 3.74. The van der Waals surface area contributed by atoms with E-state index in [9.17, 15) is 14.4 Å². The largest absolute Gasteiger partial charge is 0.445 e. The summed E-state index contributed by atoms with van der Waals surface area (Å²) in [4.78, 5) is 37.8. The highest BCUT2D eigenvalue weighted by atomic mass is 32.2. The lowest BCUT2D eigenvalue weighted by atomic mass is 10.0. The first-order chi connectivity index (χ1) is 17.0. The molecule has 4 aromatic rings. The Bertz CT molecular complexity index is 1420. The second kappa shape index (κ2) is 11.1. The van der Waals surface area contributed by atoms with Gasteiger partial charge in [-0.3, -0.25) is 0 Å². The Kier molecular flexibility index (Phi) is 7.72. The van der Waals surface area contributed by atoms with Gasteiger partial charge in [0.1, 0.15) is 24.0 Å². The van der Waals surface area contributed by atoms with E-state index in [0.717, 1.165) is 16.3 Å². The summed E-state index contributed by atoms with van der Waals surface area (Å²) in [6, 6.07) is 19.0. The molecule has 0 saturated carbocycles. The maximum Gasteiger partial charge on any atom is 0.408 e. The number of hydrogen-bond acceptors (Lipinski definition) is 7. The number of ether oxygens (including phenoxy) is 2. The molecule has 1 heterocycles. The number of esters is 1. The minimum atomic E-state index is -0.899. The summed E-state index contributed by atoms with van der Waals surface area (Å²) in [5.41, 5.74) is 1.26. The van der Waals surface area contributed by atoms with Gasteiger partial charge >= 0.3 is 17.7 Å². The Labute approximate surface area is 206 Å². The van der Waals surface area contributed by atoms with Gasteiger partial charge in [-0.1, -0.05) is 48.5 Å². The van der Waals surface area contributed by atoms with Crippen LogP contribution in [0.4, 0.5) is 4.79 Å². The van der Waals surface area contributed by atoms with Crippen LogP contribution in [0.1, 0.15) is 17.5 Å². The molecule has 8 heteroatoms. The Balaban J connectivity index is 1.52. The van der Waals surface area contributed by atoms with Crippen molar-refractivity contribution in [1.29, 1.82) is 0 Å². The van der Waals surface area contributed by atoms with Gasteiger partial charge in [0.05, 0.1) is 5.39 Å². The summed E-state index contributed by atoms with van der Waals surface area (Å²) >= 11 is 1.55. The van der Waals surface area contributed by atoms with Crippen LogP contribution in [0.15, 0.2) is 75.9 Å². The maximum absolute atomic E-state index is 13.0. The smallest absolute Gasteiger partial charge is 0.408 e. The highest BCUT2D eigenvalue weighted by molar-refractivity contribution is 7.98. The van der Waals surface area contributed by atoms with Crippen molar-refractivity contribution in [1.82, 2.24) is 5.32 Å². The standard InChI is InChI=1S/C27H25NO6S/c1-17-23(13-12-20-19-10-6-7-11-21(19)25(29)34-24(17)20)33-26(30)22(14-15-35-2)28-27(31)32-16-18-8-4-3-5-9-18/h3-13,22H,14-16H2,1-2H3,(H,28,31)/t22-/m0/s1. The molecule has 1 atom stereocenters. The van der Waals surface area contributed by atoms with Gasteiger partial charge < -0.3 is 19.2 Å². The third-order valence-electron chi connectivity index (χ3n) is 5.60. The molecule has 1 N–H and O–H groups in total. The molecule has 7 nitrogen and oxygen atoms in total. The summed E-state index contributed by atoms with van der Waals surface area (Å²) in [6.45, 7) is 1.81. The number of carbonyl (C=O) groups excluding carboxylic acids is 2. The second-order valence-corrected chi connectivity index (χ2v) is 8.95. The summed E-state index contributed by atoms with van der Waals surface area (Å²) in [5.74, 6) is 0.270. The molecule has 4 rings (SSSR count). The van der Waals surface area contributed by atoms with Crippen molar-refractivity contribution < 1.29 is 23.5 Å². The lowest BCUT2D eigenvalue weighted by Gasteiger charge is -2.18.